The maximum atomic E-state index is 12.3. The van der Waals surface area contributed by atoms with Crippen LogP contribution in [0.15, 0.2) is 35.7 Å². The van der Waals surface area contributed by atoms with Gasteiger partial charge in [0.25, 0.3) is 5.91 Å². The minimum absolute atomic E-state index is 0.0583. The molecule has 0 aliphatic carbocycles. The molecular weight excluding hydrogens is 350 g/mol. The minimum atomic E-state index is -0.156. The van der Waals surface area contributed by atoms with E-state index in [0.29, 0.717) is 31.7 Å². The van der Waals surface area contributed by atoms with E-state index in [1.165, 1.54) is 11.3 Å². The Kier molecular flexibility index (Phi) is 6.19. The summed E-state index contributed by atoms with van der Waals surface area (Å²) in [5, 5.41) is 8.55. The number of thiazole rings is 1. The van der Waals surface area contributed by atoms with Crippen molar-refractivity contribution in [1.29, 1.82) is 0 Å². The van der Waals surface area contributed by atoms with Crippen LogP contribution < -0.4 is 16.4 Å². The fourth-order valence-corrected chi connectivity index (χ4v) is 3.66. The first-order valence-electron chi connectivity index (χ1n) is 8.72. The van der Waals surface area contributed by atoms with Crippen LogP contribution in [0.4, 0.5) is 10.5 Å². The topological polar surface area (TPSA) is 100 Å². The van der Waals surface area contributed by atoms with Gasteiger partial charge in [-0.1, -0.05) is 18.2 Å². The Bertz CT molecular complexity index is 741. The Hall–Kier alpha value is -2.45. The minimum Gasteiger partial charge on any atom is -0.348 e. The second-order valence-corrected chi connectivity index (χ2v) is 7.14. The van der Waals surface area contributed by atoms with Crippen molar-refractivity contribution < 1.29 is 9.59 Å². The monoisotopic (exact) mass is 373 g/mol. The van der Waals surface area contributed by atoms with Crippen molar-refractivity contribution in [3.63, 3.8) is 0 Å². The fraction of sp³-hybridized carbons (Fsp3) is 0.389. The molecule has 1 saturated heterocycles. The molecule has 4 N–H and O–H groups in total. The van der Waals surface area contributed by atoms with E-state index in [2.05, 4.69) is 15.6 Å². The number of para-hydroxylation sites is 1. The van der Waals surface area contributed by atoms with Crippen molar-refractivity contribution in [2.45, 2.75) is 25.3 Å². The Balaban J connectivity index is 1.45. The second-order valence-electron chi connectivity index (χ2n) is 6.20. The molecule has 0 bridgehead atoms. The lowest BCUT2D eigenvalue weighted by molar-refractivity contribution is 0.0914. The summed E-state index contributed by atoms with van der Waals surface area (Å²) in [7, 11) is 0. The van der Waals surface area contributed by atoms with Gasteiger partial charge in [0.05, 0.1) is 5.01 Å². The maximum Gasteiger partial charge on any atom is 0.321 e. The molecule has 2 heterocycles. The number of carbonyl (C=O) groups excluding carboxylic acids is 2. The van der Waals surface area contributed by atoms with Gasteiger partial charge in [-0.3, -0.25) is 4.79 Å². The van der Waals surface area contributed by atoms with E-state index in [0.717, 1.165) is 23.5 Å². The molecule has 0 saturated carbocycles. The molecule has 2 aromatic rings. The van der Waals surface area contributed by atoms with E-state index in [4.69, 9.17) is 5.73 Å². The van der Waals surface area contributed by atoms with E-state index in [1.54, 1.807) is 10.3 Å². The van der Waals surface area contributed by atoms with Gasteiger partial charge in [-0.2, -0.15) is 0 Å². The lowest BCUT2D eigenvalue weighted by atomic mass is 10.1. The van der Waals surface area contributed by atoms with Crippen LogP contribution >= 0.6 is 11.3 Å². The van der Waals surface area contributed by atoms with Gasteiger partial charge in [-0.05, 0) is 31.5 Å². The summed E-state index contributed by atoms with van der Waals surface area (Å²) in [5.74, 6) is -0.156. The first-order chi connectivity index (χ1) is 12.7. The van der Waals surface area contributed by atoms with Crippen LogP contribution in [0.1, 0.15) is 28.3 Å². The number of hydrogen-bond donors (Lipinski definition) is 3. The average Bonchev–Trinajstić information content (AvgIpc) is 3.12. The summed E-state index contributed by atoms with van der Waals surface area (Å²) in [4.78, 5) is 30.7. The Labute approximate surface area is 156 Å². The lowest BCUT2D eigenvalue weighted by Gasteiger charge is -2.32. The van der Waals surface area contributed by atoms with Crippen LogP contribution in [0.5, 0.6) is 0 Å². The largest absolute Gasteiger partial charge is 0.348 e. The summed E-state index contributed by atoms with van der Waals surface area (Å²) in [6.45, 7) is 1.75. The van der Waals surface area contributed by atoms with Gasteiger partial charge in [-0.25, -0.2) is 9.78 Å². The molecule has 3 rings (SSSR count). The molecule has 7 nitrogen and oxygen atoms in total. The normalized spacial score (nSPS) is 14.9. The van der Waals surface area contributed by atoms with E-state index in [1.807, 2.05) is 30.3 Å². The van der Waals surface area contributed by atoms with E-state index >= 15 is 0 Å². The number of nitrogens with one attached hydrogen (secondary N) is 2. The van der Waals surface area contributed by atoms with Crippen molar-refractivity contribution >= 4 is 29.0 Å². The Morgan fingerprint density at radius 1 is 1.23 bits per heavy atom. The highest BCUT2D eigenvalue weighted by atomic mass is 32.1. The Morgan fingerprint density at radius 2 is 1.96 bits per heavy atom. The molecule has 1 aromatic heterocycles. The second kappa shape index (κ2) is 8.77. The standard InChI is InChI=1S/C18H23N5O2S/c19-9-6-16-22-15(12-26-16)17(24)20-14-7-10-23(11-8-14)18(25)21-13-4-2-1-3-5-13/h1-5,12,14H,6-11,19H2,(H,20,24)(H,21,25). The molecule has 8 heteroatoms. The first kappa shape index (κ1) is 18.3. The third-order valence-electron chi connectivity index (χ3n) is 4.29. The number of likely N-dealkylation sites (tertiary alicyclic amines) is 1. The number of nitrogens with zero attached hydrogens (tertiary/aromatic N) is 2. The zero-order valence-electron chi connectivity index (χ0n) is 14.5. The predicted molar refractivity (Wildman–Crippen MR) is 102 cm³/mol. The first-order valence-corrected chi connectivity index (χ1v) is 9.60. The molecule has 1 fully saturated rings. The van der Waals surface area contributed by atoms with Gasteiger partial charge in [0.15, 0.2) is 0 Å². The van der Waals surface area contributed by atoms with Crippen molar-refractivity contribution in [2.24, 2.45) is 5.73 Å². The van der Waals surface area contributed by atoms with Gasteiger partial charge in [-0.15, -0.1) is 11.3 Å². The molecule has 0 spiro atoms. The number of hydrogen-bond acceptors (Lipinski definition) is 5. The van der Waals surface area contributed by atoms with Crippen LogP contribution in [-0.2, 0) is 6.42 Å². The highest BCUT2D eigenvalue weighted by molar-refractivity contribution is 7.09. The number of nitrogens with two attached hydrogens (primary N) is 1. The number of aromatic nitrogens is 1. The van der Waals surface area contributed by atoms with Gasteiger partial charge >= 0.3 is 6.03 Å². The molecule has 0 unspecified atom stereocenters. The van der Waals surface area contributed by atoms with Crippen molar-refractivity contribution in [2.75, 3.05) is 25.0 Å². The molecule has 0 atom stereocenters. The number of benzene rings is 1. The summed E-state index contributed by atoms with van der Waals surface area (Å²) < 4.78 is 0. The van der Waals surface area contributed by atoms with Crippen LogP contribution in [0.3, 0.4) is 0 Å². The van der Waals surface area contributed by atoms with E-state index < -0.39 is 0 Å². The number of anilines is 1. The van der Waals surface area contributed by atoms with Crippen LogP contribution in [-0.4, -0.2) is 47.5 Å². The predicted octanol–water partition coefficient (Wildman–Crippen LogP) is 2.07. The third kappa shape index (κ3) is 4.80. The average molecular weight is 373 g/mol. The van der Waals surface area contributed by atoms with E-state index in [-0.39, 0.29) is 18.0 Å². The molecule has 1 aliphatic rings. The smallest absolute Gasteiger partial charge is 0.321 e. The van der Waals surface area contributed by atoms with E-state index in [9.17, 15) is 9.59 Å². The molecular formula is C18H23N5O2S. The third-order valence-corrected chi connectivity index (χ3v) is 5.19. The van der Waals surface area contributed by atoms with Crippen molar-refractivity contribution in [3.8, 4) is 0 Å². The van der Waals surface area contributed by atoms with Crippen LogP contribution in [0.25, 0.3) is 0 Å². The molecule has 1 aromatic carbocycles. The summed E-state index contributed by atoms with van der Waals surface area (Å²) in [6.07, 6.45) is 2.15. The number of amides is 3. The zero-order valence-corrected chi connectivity index (χ0v) is 15.3. The maximum absolute atomic E-state index is 12.3. The molecule has 3 amide bonds. The van der Waals surface area contributed by atoms with Crippen LogP contribution in [0, 0.1) is 0 Å². The summed E-state index contributed by atoms with van der Waals surface area (Å²) >= 11 is 1.46. The fourth-order valence-electron chi connectivity index (χ4n) is 2.86. The molecule has 0 radical (unpaired) electrons. The van der Waals surface area contributed by atoms with Gasteiger partial charge in [0, 0.05) is 36.6 Å². The number of urea groups is 1. The SMILES string of the molecule is NCCc1nc(C(=O)NC2CCN(C(=O)Nc3ccccc3)CC2)cs1. The number of carbonyl (C=O) groups is 2. The number of rotatable bonds is 5. The van der Waals surface area contributed by atoms with Crippen molar-refractivity contribution in [3.05, 3.63) is 46.4 Å². The number of piperidine rings is 1. The quantitative estimate of drug-likeness (QED) is 0.747. The van der Waals surface area contributed by atoms with Crippen LogP contribution in [0.2, 0.25) is 0 Å². The molecule has 26 heavy (non-hydrogen) atoms. The zero-order chi connectivity index (χ0) is 18.4. The van der Waals surface area contributed by atoms with Gasteiger partial charge in [0.1, 0.15) is 5.69 Å². The summed E-state index contributed by atoms with van der Waals surface area (Å²) in [6, 6.07) is 9.35. The van der Waals surface area contributed by atoms with Gasteiger partial charge < -0.3 is 21.3 Å². The lowest BCUT2D eigenvalue weighted by Crippen LogP contribution is -2.47. The van der Waals surface area contributed by atoms with Crippen molar-refractivity contribution in [1.82, 2.24) is 15.2 Å². The molecule has 138 valence electrons. The highest BCUT2D eigenvalue weighted by Gasteiger charge is 2.24. The van der Waals surface area contributed by atoms with Gasteiger partial charge in [0.2, 0.25) is 0 Å². The molecule has 1 aliphatic heterocycles. The Morgan fingerprint density at radius 3 is 2.65 bits per heavy atom. The summed E-state index contributed by atoms with van der Waals surface area (Å²) in [5.41, 5.74) is 6.74. The highest BCUT2D eigenvalue weighted by Crippen LogP contribution is 2.15.